The van der Waals surface area contributed by atoms with E-state index in [1.807, 2.05) is 0 Å². The van der Waals surface area contributed by atoms with Crippen molar-refractivity contribution >= 4 is 0 Å². The van der Waals surface area contributed by atoms with Crippen LogP contribution in [0, 0.1) is 0 Å². The largest absolute Gasteiger partial charge is 0.329 e. The van der Waals surface area contributed by atoms with Crippen LogP contribution in [0.25, 0.3) is 0 Å². The third-order valence-electron chi connectivity index (χ3n) is 4.19. The molecule has 2 rings (SSSR count). The summed E-state index contributed by atoms with van der Waals surface area (Å²) in [4.78, 5) is 5.19. The summed E-state index contributed by atoms with van der Waals surface area (Å²) in [5.41, 5.74) is 6.34. The molecule has 0 radical (unpaired) electrons. The van der Waals surface area contributed by atoms with Crippen LogP contribution in [0.1, 0.15) is 32.6 Å². The molecular formula is C12H25N3. The van der Waals surface area contributed by atoms with Crippen molar-refractivity contribution in [1.29, 1.82) is 0 Å². The van der Waals surface area contributed by atoms with E-state index in [1.165, 1.54) is 45.3 Å². The Morgan fingerprint density at radius 3 is 2.60 bits per heavy atom. The lowest BCUT2D eigenvalue weighted by molar-refractivity contribution is 0.116. The van der Waals surface area contributed by atoms with Gasteiger partial charge in [0.25, 0.3) is 0 Å². The maximum Gasteiger partial charge on any atom is 0.0336 e. The van der Waals surface area contributed by atoms with E-state index < -0.39 is 0 Å². The molecule has 0 aromatic heterocycles. The molecule has 2 fully saturated rings. The molecule has 2 aliphatic rings. The quantitative estimate of drug-likeness (QED) is 0.752. The van der Waals surface area contributed by atoms with Crippen molar-refractivity contribution in [3.63, 3.8) is 0 Å². The number of nitrogens with two attached hydrogens (primary N) is 1. The molecule has 3 nitrogen and oxygen atoms in total. The Kier molecular flexibility index (Phi) is 3.33. The second kappa shape index (κ2) is 4.40. The minimum atomic E-state index is 0.395. The molecule has 0 bridgehead atoms. The minimum absolute atomic E-state index is 0.395. The van der Waals surface area contributed by atoms with Crippen molar-refractivity contribution in [3.8, 4) is 0 Å². The predicted octanol–water partition coefficient (Wildman–Crippen LogP) is 0.894. The summed E-state index contributed by atoms with van der Waals surface area (Å²) in [7, 11) is 2.24. The molecule has 1 unspecified atom stereocenters. The van der Waals surface area contributed by atoms with Crippen molar-refractivity contribution in [2.45, 2.75) is 44.2 Å². The van der Waals surface area contributed by atoms with Crippen LogP contribution in [-0.2, 0) is 0 Å². The zero-order valence-electron chi connectivity index (χ0n) is 10.2. The van der Waals surface area contributed by atoms with E-state index >= 15 is 0 Å². The van der Waals surface area contributed by atoms with Gasteiger partial charge in [0.1, 0.15) is 0 Å². The maximum absolute atomic E-state index is 5.95. The number of rotatable bonds is 3. The summed E-state index contributed by atoms with van der Waals surface area (Å²) in [6.07, 6.45) is 5.20. The normalized spacial score (nSPS) is 32.6. The fourth-order valence-electron chi connectivity index (χ4n) is 2.97. The summed E-state index contributed by atoms with van der Waals surface area (Å²) in [5.74, 6) is 0. The van der Waals surface area contributed by atoms with Gasteiger partial charge in [-0.3, -0.25) is 4.90 Å². The average Bonchev–Trinajstić information content (AvgIpc) is 3.02. The topological polar surface area (TPSA) is 32.5 Å². The van der Waals surface area contributed by atoms with E-state index in [9.17, 15) is 0 Å². The average molecular weight is 211 g/mol. The Morgan fingerprint density at radius 2 is 2.07 bits per heavy atom. The van der Waals surface area contributed by atoms with Crippen LogP contribution < -0.4 is 5.73 Å². The molecule has 88 valence electrons. The highest BCUT2D eigenvalue weighted by atomic mass is 15.3. The number of hydrogen-bond acceptors (Lipinski definition) is 3. The number of nitrogens with zero attached hydrogens (tertiary/aromatic N) is 2. The fraction of sp³-hybridized carbons (Fsp3) is 1.00. The lowest BCUT2D eigenvalue weighted by Gasteiger charge is -2.37. The Morgan fingerprint density at radius 1 is 1.33 bits per heavy atom. The summed E-state index contributed by atoms with van der Waals surface area (Å²) in [6.45, 7) is 6.88. The lowest BCUT2D eigenvalue weighted by Crippen LogP contribution is -2.50. The third-order valence-corrected chi connectivity index (χ3v) is 4.19. The molecule has 0 spiro atoms. The molecule has 1 aliphatic heterocycles. The molecule has 1 saturated carbocycles. The van der Waals surface area contributed by atoms with E-state index in [1.54, 1.807) is 0 Å². The smallest absolute Gasteiger partial charge is 0.0336 e. The van der Waals surface area contributed by atoms with Crippen LogP contribution in [-0.4, -0.2) is 54.6 Å². The van der Waals surface area contributed by atoms with Crippen LogP contribution in [0.4, 0.5) is 0 Å². The Labute approximate surface area is 93.6 Å². The monoisotopic (exact) mass is 211 g/mol. The van der Waals surface area contributed by atoms with E-state index in [0.29, 0.717) is 5.54 Å². The van der Waals surface area contributed by atoms with Crippen LogP contribution in [0.3, 0.4) is 0 Å². The van der Waals surface area contributed by atoms with Gasteiger partial charge >= 0.3 is 0 Å². The first-order valence-corrected chi connectivity index (χ1v) is 6.37. The zero-order chi connectivity index (χ0) is 10.9. The first-order valence-electron chi connectivity index (χ1n) is 6.37. The third kappa shape index (κ3) is 2.19. The van der Waals surface area contributed by atoms with Gasteiger partial charge in [0.15, 0.2) is 0 Å². The lowest BCUT2D eigenvalue weighted by atomic mass is 10.1. The van der Waals surface area contributed by atoms with Crippen molar-refractivity contribution < 1.29 is 0 Å². The van der Waals surface area contributed by atoms with Gasteiger partial charge in [0, 0.05) is 31.2 Å². The maximum atomic E-state index is 5.95. The Balaban J connectivity index is 2.07. The van der Waals surface area contributed by atoms with Gasteiger partial charge < -0.3 is 10.6 Å². The van der Waals surface area contributed by atoms with Gasteiger partial charge in [-0.2, -0.15) is 0 Å². The molecule has 1 atom stereocenters. The van der Waals surface area contributed by atoms with E-state index in [0.717, 1.165) is 12.6 Å². The standard InChI is InChI=1S/C12H25N3/c1-3-11-9-14(2)7-4-8-15(11)12(10-13)5-6-12/h11H,3-10,13H2,1-2H3. The van der Waals surface area contributed by atoms with E-state index in [-0.39, 0.29) is 0 Å². The summed E-state index contributed by atoms with van der Waals surface area (Å²) in [5, 5.41) is 0. The number of likely N-dealkylation sites (N-methyl/N-ethyl adjacent to an activating group) is 1. The Hall–Kier alpha value is -0.120. The highest BCUT2D eigenvalue weighted by Gasteiger charge is 2.48. The summed E-state index contributed by atoms with van der Waals surface area (Å²) >= 11 is 0. The van der Waals surface area contributed by atoms with E-state index in [4.69, 9.17) is 5.73 Å². The molecular weight excluding hydrogens is 186 g/mol. The SMILES string of the molecule is CCC1CN(C)CCCN1C1(CN)CC1. The van der Waals surface area contributed by atoms with Crippen LogP contribution in [0.2, 0.25) is 0 Å². The highest BCUT2D eigenvalue weighted by molar-refractivity contribution is 5.07. The molecule has 2 N–H and O–H groups in total. The molecule has 0 amide bonds. The zero-order valence-corrected chi connectivity index (χ0v) is 10.2. The molecule has 1 aliphatic carbocycles. The van der Waals surface area contributed by atoms with Crippen LogP contribution >= 0.6 is 0 Å². The summed E-state index contributed by atoms with van der Waals surface area (Å²) in [6, 6.07) is 0.726. The molecule has 0 aromatic carbocycles. The molecule has 1 saturated heterocycles. The second-order valence-corrected chi connectivity index (χ2v) is 5.30. The van der Waals surface area contributed by atoms with Crippen molar-refractivity contribution in [1.82, 2.24) is 9.80 Å². The van der Waals surface area contributed by atoms with Crippen molar-refractivity contribution in [2.24, 2.45) is 5.73 Å². The highest BCUT2D eigenvalue weighted by Crippen LogP contribution is 2.42. The predicted molar refractivity (Wildman–Crippen MR) is 63.9 cm³/mol. The van der Waals surface area contributed by atoms with Crippen LogP contribution in [0.5, 0.6) is 0 Å². The van der Waals surface area contributed by atoms with Crippen LogP contribution in [0.15, 0.2) is 0 Å². The second-order valence-electron chi connectivity index (χ2n) is 5.30. The first kappa shape index (κ1) is 11.4. The Bertz CT molecular complexity index is 213. The molecule has 0 aromatic rings. The van der Waals surface area contributed by atoms with E-state index in [2.05, 4.69) is 23.8 Å². The van der Waals surface area contributed by atoms with Gasteiger partial charge in [0.2, 0.25) is 0 Å². The van der Waals surface area contributed by atoms with Crippen molar-refractivity contribution in [2.75, 3.05) is 33.2 Å². The van der Waals surface area contributed by atoms with Gasteiger partial charge in [0.05, 0.1) is 0 Å². The van der Waals surface area contributed by atoms with Crippen molar-refractivity contribution in [3.05, 3.63) is 0 Å². The first-order chi connectivity index (χ1) is 7.22. The van der Waals surface area contributed by atoms with Gasteiger partial charge in [-0.1, -0.05) is 6.92 Å². The molecule has 3 heteroatoms. The molecule has 15 heavy (non-hydrogen) atoms. The van der Waals surface area contributed by atoms with Gasteiger partial charge in [-0.05, 0) is 39.3 Å². The minimum Gasteiger partial charge on any atom is -0.329 e. The number of hydrogen-bond donors (Lipinski definition) is 1. The fourth-order valence-corrected chi connectivity index (χ4v) is 2.97. The summed E-state index contributed by atoms with van der Waals surface area (Å²) < 4.78 is 0. The molecule has 1 heterocycles. The van der Waals surface area contributed by atoms with Gasteiger partial charge in [-0.25, -0.2) is 0 Å². The van der Waals surface area contributed by atoms with Gasteiger partial charge in [-0.15, -0.1) is 0 Å².